The molecule has 4 aliphatic carbocycles. The van der Waals surface area contributed by atoms with Crippen molar-refractivity contribution in [3.05, 3.63) is 29.8 Å². The first kappa shape index (κ1) is 15.5. The van der Waals surface area contributed by atoms with Crippen molar-refractivity contribution in [3.63, 3.8) is 0 Å². The molecule has 0 aliphatic heterocycles. The molecule has 0 saturated heterocycles. The van der Waals surface area contributed by atoms with Gasteiger partial charge in [-0.25, -0.2) is 9.59 Å². The fraction of sp³-hybridized carbons (Fsp3) is 0.579. The second kappa shape index (κ2) is 5.80. The maximum absolute atomic E-state index is 12.2. The molecule has 4 bridgehead atoms. The zero-order valence-corrected chi connectivity index (χ0v) is 13.8. The molecule has 5 heteroatoms. The standard InChI is InChI=1S/C19H24N2O3/c22-17(23)15-1-3-16(4-2-15)21-18(24)20-11-19-8-12-5-13(9-19)7-14(6-12)10-19/h1-4,12-14H,5-11H2,(H,22,23)(H2,20,21,24). The lowest BCUT2D eigenvalue weighted by molar-refractivity contribution is -0.0496. The predicted octanol–water partition coefficient (Wildman–Crippen LogP) is 3.72. The van der Waals surface area contributed by atoms with Gasteiger partial charge in [0.05, 0.1) is 5.56 Å². The van der Waals surface area contributed by atoms with Gasteiger partial charge in [0, 0.05) is 12.2 Å². The van der Waals surface area contributed by atoms with Crippen LogP contribution in [0.5, 0.6) is 0 Å². The molecule has 0 spiro atoms. The van der Waals surface area contributed by atoms with Crippen LogP contribution in [0.15, 0.2) is 24.3 Å². The van der Waals surface area contributed by atoms with Crippen molar-refractivity contribution in [1.82, 2.24) is 5.32 Å². The minimum atomic E-state index is -0.965. The second-order valence-electron chi connectivity index (χ2n) is 8.11. The third kappa shape index (κ3) is 2.99. The first-order valence-electron chi connectivity index (χ1n) is 8.90. The van der Waals surface area contributed by atoms with Crippen LogP contribution >= 0.6 is 0 Å². The Morgan fingerprint density at radius 3 is 2.04 bits per heavy atom. The number of carbonyl (C=O) groups is 2. The number of carboxylic acid groups (broad SMARTS) is 1. The van der Waals surface area contributed by atoms with E-state index in [-0.39, 0.29) is 11.6 Å². The first-order valence-corrected chi connectivity index (χ1v) is 8.90. The van der Waals surface area contributed by atoms with Crippen molar-refractivity contribution < 1.29 is 14.7 Å². The minimum Gasteiger partial charge on any atom is -0.478 e. The van der Waals surface area contributed by atoms with Crippen molar-refractivity contribution in [3.8, 4) is 0 Å². The highest BCUT2D eigenvalue weighted by Crippen LogP contribution is 2.59. The number of carboxylic acids is 1. The fourth-order valence-corrected chi connectivity index (χ4v) is 5.65. The van der Waals surface area contributed by atoms with E-state index < -0.39 is 5.97 Å². The number of urea groups is 1. The van der Waals surface area contributed by atoms with Crippen molar-refractivity contribution in [2.45, 2.75) is 38.5 Å². The first-order chi connectivity index (χ1) is 11.5. The van der Waals surface area contributed by atoms with E-state index in [9.17, 15) is 9.59 Å². The number of amides is 2. The van der Waals surface area contributed by atoms with Crippen LogP contribution in [0.25, 0.3) is 0 Å². The number of rotatable bonds is 4. The van der Waals surface area contributed by atoms with E-state index in [1.807, 2.05) is 0 Å². The Morgan fingerprint density at radius 1 is 1.00 bits per heavy atom. The molecule has 4 fully saturated rings. The topological polar surface area (TPSA) is 78.4 Å². The largest absolute Gasteiger partial charge is 0.478 e. The lowest BCUT2D eigenvalue weighted by Gasteiger charge is -2.56. The van der Waals surface area contributed by atoms with Gasteiger partial charge in [0.2, 0.25) is 0 Å². The smallest absolute Gasteiger partial charge is 0.335 e. The summed E-state index contributed by atoms with van der Waals surface area (Å²) >= 11 is 0. The highest BCUT2D eigenvalue weighted by molar-refractivity contribution is 5.91. The van der Waals surface area contributed by atoms with E-state index in [0.29, 0.717) is 11.1 Å². The summed E-state index contributed by atoms with van der Waals surface area (Å²) in [5, 5.41) is 14.8. The monoisotopic (exact) mass is 328 g/mol. The summed E-state index contributed by atoms with van der Waals surface area (Å²) in [5.41, 5.74) is 1.15. The van der Waals surface area contributed by atoms with E-state index in [1.165, 1.54) is 50.7 Å². The quantitative estimate of drug-likeness (QED) is 0.788. The molecule has 0 unspecified atom stereocenters. The zero-order valence-electron chi connectivity index (χ0n) is 13.8. The van der Waals surface area contributed by atoms with Crippen molar-refractivity contribution in [2.75, 3.05) is 11.9 Å². The summed E-state index contributed by atoms with van der Waals surface area (Å²) in [6, 6.07) is 6.03. The van der Waals surface area contributed by atoms with E-state index in [4.69, 9.17) is 5.11 Å². The summed E-state index contributed by atoms with van der Waals surface area (Å²) in [6.07, 6.45) is 8.02. The Labute approximate surface area is 141 Å². The molecule has 1 aromatic carbocycles. The average molecular weight is 328 g/mol. The predicted molar refractivity (Wildman–Crippen MR) is 91.0 cm³/mol. The van der Waals surface area contributed by atoms with Crippen LogP contribution in [0, 0.1) is 23.2 Å². The Balaban J connectivity index is 1.33. The molecule has 0 radical (unpaired) electrons. The molecule has 128 valence electrons. The van der Waals surface area contributed by atoms with E-state index in [1.54, 1.807) is 12.1 Å². The van der Waals surface area contributed by atoms with Gasteiger partial charge in [-0.3, -0.25) is 0 Å². The third-order valence-electron chi connectivity index (χ3n) is 6.18. The zero-order chi connectivity index (χ0) is 16.7. The molecule has 5 rings (SSSR count). The van der Waals surface area contributed by atoms with Gasteiger partial charge < -0.3 is 15.7 Å². The van der Waals surface area contributed by atoms with Crippen LogP contribution in [0.1, 0.15) is 48.9 Å². The van der Waals surface area contributed by atoms with Gasteiger partial charge in [-0.15, -0.1) is 0 Å². The molecule has 24 heavy (non-hydrogen) atoms. The Bertz CT molecular complexity index is 618. The summed E-state index contributed by atoms with van der Waals surface area (Å²) in [5.74, 6) is 1.67. The average Bonchev–Trinajstić information content (AvgIpc) is 2.52. The SMILES string of the molecule is O=C(NCC12CC3CC(CC(C3)C1)C2)Nc1ccc(C(=O)O)cc1. The molecule has 2 amide bonds. The maximum Gasteiger partial charge on any atom is 0.335 e. The molecular weight excluding hydrogens is 304 g/mol. The van der Waals surface area contributed by atoms with Gasteiger partial charge in [-0.2, -0.15) is 0 Å². The van der Waals surface area contributed by atoms with Crippen LogP contribution in [0.4, 0.5) is 10.5 Å². The fourth-order valence-electron chi connectivity index (χ4n) is 5.65. The van der Waals surface area contributed by atoms with Gasteiger partial charge in [0.1, 0.15) is 0 Å². The van der Waals surface area contributed by atoms with Crippen LogP contribution in [0.2, 0.25) is 0 Å². The number of anilines is 1. The Kier molecular flexibility index (Phi) is 3.74. The van der Waals surface area contributed by atoms with Crippen molar-refractivity contribution in [1.29, 1.82) is 0 Å². The molecule has 0 heterocycles. The second-order valence-corrected chi connectivity index (χ2v) is 8.11. The van der Waals surface area contributed by atoms with Gasteiger partial charge in [0.25, 0.3) is 0 Å². The number of aromatic carboxylic acids is 1. The molecule has 4 aliphatic rings. The van der Waals surface area contributed by atoms with Gasteiger partial charge >= 0.3 is 12.0 Å². The molecule has 0 aromatic heterocycles. The minimum absolute atomic E-state index is 0.200. The van der Waals surface area contributed by atoms with Crippen LogP contribution in [-0.4, -0.2) is 23.7 Å². The number of benzene rings is 1. The normalized spacial score (nSPS) is 33.2. The lowest BCUT2D eigenvalue weighted by atomic mass is 9.49. The molecule has 4 saturated carbocycles. The van der Waals surface area contributed by atoms with Crippen LogP contribution in [-0.2, 0) is 0 Å². The summed E-state index contributed by atoms with van der Waals surface area (Å²) in [4.78, 5) is 23.0. The molecule has 3 N–H and O–H groups in total. The summed E-state index contributed by atoms with van der Waals surface area (Å²) in [6.45, 7) is 0.759. The van der Waals surface area contributed by atoms with Crippen LogP contribution < -0.4 is 10.6 Å². The van der Waals surface area contributed by atoms with Gasteiger partial charge in [-0.1, -0.05) is 0 Å². The molecule has 0 atom stereocenters. The van der Waals surface area contributed by atoms with Gasteiger partial charge in [-0.05, 0) is 86.0 Å². The molecule has 1 aromatic rings. The number of hydrogen-bond acceptors (Lipinski definition) is 2. The third-order valence-corrected chi connectivity index (χ3v) is 6.18. The number of hydrogen-bond donors (Lipinski definition) is 3. The molecule has 5 nitrogen and oxygen atoms in total. The van der Waals surface area contributed by atoms with E-state index in [0.717, 1.165) is 24.3 Å². The number of nitrogens with one attached hydrogen (secondary N) is 2. The lowest BCUT2D eigenvalue weighted by Crippen LogP contribution is -2.51. The summed E-state index contributed by atoms with van der Waals surface area (Å²) < 4.78 is 0. The highest BCUT2D eigenvalue weighted by Gasteiger charge is 2.50. The van der Waals surface area contributed by atoms with E-state index in [2.05, 4.69) is 10.6 Å². The highest BCUT2D eigenvalue weighted by atomic mass is 16.4. The van der Waals surface area contributed by atoms with E-state index >= 15 is 0 Å². The van der Waals surface area contributed by atoms with Gasteiger partial charge in [0.15, 0.2) is 0 Å². The van der Waals surface area contributed by atoms with Crippen molar-refractivity contribution in [2.24, 2.45) is 23.2 Å². The van der Waals surface area contributed by atoms with Crippen LogP contribution in [0.3, 0.4) is 0 Å². The summed E-state index contributed by atoms with van der Waals surface area (Å²) in [7, 11) is 0. The Morgan fingerprint density at radius 2 is 1.54 bits per heavy atom. The Hall–Kier alpha value is -2.04. The number of carbonyl (C=O) groups excluding carboxylic acids is 1. The maximum atomic E-state index is 12.2. The molecular formula is C19H24N2O3. The van der Waals surface area contributed by atoms with Crippen molar-refractivity contribution >= 4 is 17.7 Å².